The van der Waals surface area contributed by atoms with E-state index in [1.54, 1.807) is 11.1 Å². The number of fused-ring (bicyclic) bond motifs is 4. The zero-order valence-corrected chi connectivity index (χ0v) is 28.9. The van der Waals surface area contributed by atoms with Gasteiger partial charge in [0.15, 0.2) is 0 Å². The highest BCUT2D eigenvalue weighted by molar-refractivity contribution is 6.03. The molecule has 0 heterocycles. The number of anilines is 3. The summed E-state index contributed by atoms with van der Waals surface area (Å²) in [5.74, 6) is 3.34. The largest absolute Gasteiger partial charge is 0.309 e. The van der Waals surface area contributed by atoms with Crippen LogP contribution in [0.4, 0.5) is 17.1 Å². The lowest BCUT2D eigenvalue weighted by atomic mass is 9.43. The molecule has 0 amide bonds. The number of hydrogen-bond acceptors (Lipinski definition) is 1. The van der Waals surface area contributed by atoms with Crippen LogP contribution in [0.5, 0.6) is 0 Å². The van der Waals surface area contributed by atoms with Crippen LogP contribution in [0.25, 0.3) is 44.2 Å². The molecule has 0 aliphatic heterocycles. The molecule has 0 atom stereocenters. The maximum Gasteiger partial charge on any atom is 0.0543 e. The van der Waals surface area contributed by atoms with E-state index < -0.39 is 0 Å². The molecule has 1 heteroatoms. The molecule has 51 heavy (non-hydrogen) atoms. The number of hydrogen-bond donors (Lipinski definition) is 0. The molecule has 12 rings (SSSR count). The van der Waals surface area contributed by atoms with Crippen molar-refractivity contribution in [1.29, 1.82) is 0 Å². The third-order valence-electron chi connectivity index (χ3n) is 13.3. The molecule has 0 radical (unpaired) electrons. The van der Waals surface area contributed by atoms with E-state index in [4.69, 9.17) is 0 Å². The van der Waals surface area contributed by atoms with E-state index in [0.717, 1.165) is 23.7 Å². The first-order valence-corrected chi connectivity index (χ1v) is 19.0. The Morgan fingerprint density at radius 3 is 1.67 bits per heavy atom. The van der Waals surface area contributed by atoms with Crippen LogP contribution in [0.3, 0.4) is 0 Å². The topological polar surface area (TPSA) is 3.24 Å². The van der Waals surface area contributed by atoms with Gasteiger partial charge in [0, 0.05) is 22.1 Å². The van der Waals surface area contributed by atoms with Crippen LogP contribution in [0.2, 0.25) is 0 Å². The van der Waals surface area contributed by atoms with Crippen molar-refractivity contribution >= 4 is 27.8 Å². The molecule has 4 saturated carbocycles. The summed E-state index contributed by atoms with van der Waals surface area (Å²) in [6.45, 7) is 0. The van der Waals surface area contributed by atoms with E-state index in [-0.39, 0.29) is 5.41 Å². The lowest BCUT2D eigenvalue weighted by Gasteiger charge is -2.61. The molecular formula is C50H41N. The van der Waals surface area contributed by atoms with E-state index in [1.807, 2.05) is 0 Å². The highest BCUT2D eigenvalue weighted by Crippen LogP contribution is 2.70. The minimum atomic E-state index is 0.134. The average molecular weight is 656 g/mol. The Morgan fingerprint density at radius 1 is 0.412 bits per heavy atom. The monoisotopic (exact) mass is 655 g/mol. The SMILES string of the molecule is c1ccc(-c2ccc(-c3ccc(N(c4cccc5c4-c4ccccc4C54C5CC6CC(C5)CC4C6)c4cccc5ccccc45)cc3)cc2)cc1. The molecule has 1 spiro atoms. The molecule has 0 N–H and O–H groups in total. The van der Waals surface area contributed by atoms with Crippen LogP contribution in [-0.4, -0.2) is 0 Å². The highest BCUT2D eigenvalue weighted by Gasteiger charge is 2.61. The quantitative estimate of drug-likeness (QED) is 0.178. The van der Waals surface area contributed by atoms with Crippen molar-refractivity contribution in [2.24, 2.45) is 23.7 Å². The van der Waals surface area contributed by atoms with E-state index in [9.17, 15) is 0 Å². The van der Waals surface area contributed by atoms with Gasteiger partial charge in [-0.15, -0.1) is 0 Å². The molecular weight excluding hydrogens is 615 g/mol. The smallest absolute Gasteiger partial charge is 0.0543 e. The van der Waals surface area contributed by atoms with Crippen molar-refractivity contribution in [3.63, 3.8) is 0 Å². The van der Waals surface area contributed by atoms with Crippen LogP contribution >= 0.6 is 0 Å². The zero-order valence-electron chi connectivity index (χ0n) is 28.9. The molecule has 246 valence electrons. The van der Waals surface area contributed by atoms with Gasteiger partial charge in [0.25, 0.3) is 0 Å². The summed E-state index contributed by atoms with van der Waals surface area (Å²) in [7, 11) is 0. The van der Waals surface area contributed by atoms with Crippen molar-refractivity contribution in [2.45, 2.75) is 37.5 Å². The van der Waals surface area contributed by atoms with Gasteiger partial charge in [-0.2, -0.15) is 0 Å². The molecule has 5 aliphatic rings. The normalized spacial score (nSPS) is 23.8. The summed E-state index contributed by atoms with van der Waals surface area (Å²) in [4.78, 5) is 2.56. The van der Waals surface area contributed by atoms with Gasteiger partial charge in [-0.3, -0.25) is 0 Å². The lowest BCUT2D eigenvalue weighted by molar-refractivity contribution is -0.0399. The van der Waals surface area contributed by atoms with E-state index in [1.165, 1.54) is 93.3 Å². The van der Waals surface area contributed by atoms with Gasteiger partial charge in [0.05, 0.1) is 11.4 Å². The summed E-state index contributed by atoms with van der Waals surface area (Å²) >= 11 is 0. The summed E-state index contributed by atoms with van der Waals surface area (Å²) in [5, 5.41) is 2.54. The van der Waals surface area contributed by atoms with Gasteiger partial charge in [-0.1, -0.05) is 140 Å². The van der Waals surface area contributed by atoms with Gasteiger partial charge >= 0.3 is 0 Å². The maximum atomic E-state index is 2.56. The number of benzene rings is 7. The maximum absolute atomic E-state index is 2.56. The standard InChI is InChI=1S/C50H41N/c1-2-10-35(11-3-1)36-20-22-37(23-21-36)38-24-26-42(27-25-38)51(47-18-8-13-39-12-4-5-14-43(39)47)48-19-9-17-46-49(48)44-15-6-7-16-45(44)50(46)40-29-33-28-34(31-40)32-41(50)30-33/h1-27,33-34,40-41H,28-32H2. The molecule has 4 bridgehead atoms. The molecule has 5 aliphatic carbocycles. The Kier molecular flexibility index (Phi) is 6.50. The lowest BCUT2D eigenvalue weighted by Crippen LogP contribution is -2.55. The van der Waals surface area contributed by atoms with Crippen molar-refractivity contribution in [2.75, 3.05) is 4.90 Å². The van der Waals surface area contributed by atoms with Gasteiger partial charge in [0.2, 0.25) is 0 Å². The Bertz CT molecular complexity index is 2390. The van der Waals surface area contributed by atoms with Crippen molar-refractivity contribution < 1.29 is 0 Å². The zero-order chi connectivity index (χ0) is 33.5. The average Bonchev–Trinajstić information content (AvgIpc) is 3.49. The number of rotatable bonds is 5. The first-order chi connectivity index (χ1) is 25.3. The van der Waals surface area contributed by atoms with Crippen LogP contribution < -0.4 is 4.90 Å². The molecule has 7 aromatic rings. The Morgan fingerprint density at radius 2 is 0.941 bits per heavy atom. The van der Waals surface area contributed by atoms with Crippen LogP contribution in [0.1, 0.15) is 43.2 Å². The Balaban J connectivity index is 1.08. The third-order valence-corrected chi connectivity index (χ3v) is 13.3. The fourth-order valence-corrected chi connectivity index (χ4v) is 11.5. The molecule has 0 saturated heterocycles. The van der Waals surface area contributed by atoms with Crippen molar-refractivity contribution in [3.8, 4) is 33.4 Å². The van der Waals surface area contributed by atoms with Gasteiger partial charge < -0.3 is 4.90 Å². The second kappa shape index (κ2) is 11.3. The minimum Gasteiger partial charge on any atom is -0.309 e. The van der Waals surface area contributed by atoms with E-state index >= 15 is 0 Å². The van der Waals surface area contributed by atoms with Gasteiger partial charge in [0.1, 0.15) is 0 Å². The van der Waals surface area contributed by atoms with Crippen molar-refractivity contribution in [3.05, 3.63) is 175 Å². The van der Waals surface area contributed by atoms with Crippen LogP contribution in [-0.2, 0) is 5.41 Å². The molecule has 7 aromatic carbocycles. The molecule has 1 nitrogen and oxygen atoms in total. The molecule has 4 fully saturated rings. The molecule has 0 aromatic heterocycles. The summed E-state index contributed by atoms with van der Waals surface area (Å²) in [6, 6.07) is 61.4. The third kappa shape index (κ3) is 4.34. The van der Waals surface area contributed by atoms with Crippen molar-refractivity contribution in [1.82, 2.24) is 0 Å². The minimum absolute atomic E-state index is 0.134. The molecule has 0 unspecified atom stereocenters. The fraction of sp³-hybridized carbons (Fsp3) is 0.200. The summed E-state index contributed by atoms with van der Waals surface area (Å²) < 4.78 is 0. The first-order valence-electron chi connectivity index (χ1n) is 19.0. The first kappa shape index (κ1) is 29.3. The van der Waals surface area contributed by atoms with Crippen LogP contribution in [0, 0.1) is 23.7 Å². The summed E-state index contributed by atoms with van der Waals surface area (Å²) in [6.07, 6.45) is 7.05. The van der Waals surface area contributed by atoms with E-state index in [2.05, 4.69) is 169 Å². The van der Waals surface area contributed by atoms with Gasteiger partial charge in [-0.05, 0) is 124 Å². The summed E-state index contributed by atoms with van der Waals surface area (Å²) in [5.41, 5.74) is 14.9. The predicted molar refractivity (Wildman–Crippen MR) is 213 cm³/mol. The Hall–Kier alpha value is -5.40. The predicted octanol–water partition coefficient (Wildman–Crippen LogP) is 13.4. The van der Waals surface area contributed by atoms with E-state index in [0.29, 0.717) is 0 Å². The van der Waals surface area contributed by atoms with Gasteiger partial charge in [-0.25, -0.2) is 0 Å². The highest BCUT2D eigenvalue weighted by atomic mass is 15.1. The fourth-order valence-electron chi connectivity index (χ4n) is 11.5. The second-order valence-electron chi connectivity index (χ2n) is 15.7. The Labute approximate surface area is 301 Å². The van der Waals surface area contributed by atoms with Crippen LogP contribution in [0.15, 0.2) is 164 Å². The second-order valence-corrected chi connectivity index (χ2v) is 15.7. The number of nitrogens with zero attached hydrogens (tertiary/aromatic N) is 1.